The first-order valence-corrected chi connectivity index (χ1v) is 13.4. The number of ether oxygens (including phenoxy) is 2. The van der Waals surface area contributed by atoms with Crippen molar-refractivity contribution in [2.75, 3.05) is 6.61 Å². The van der Waals surface area contributed by atoms with Crippen molar-refractivity contribution in [2.45, 2.75) is 109 Å². The smallest absolute Gasteiger partial charge is 0.329 e. The third kappa shape index (κ3) is 7.29. The minimum atomic E-state index is -0.598. The van der Waals surface area contributed by atoms with Crippen LogP contribution in [0.15, 0.2) is 30.3 Å². The number of hydrogen-bond acceptors (Lipinski definition) is 6. The van der Waals surface area contributed by atoms with Crippen molar-refractivity contribution >= 4 is 17.8 Å². The van der Waals surface area contributed by atoms with E-state index in [0.29, 0.717) is 25.4 Å². The second-order valence-electron chi connectivity index (χ2n) is 9.89. The highest BCUT2D eigenvalue weighted by Crippen LogP contribution is 2.42. The van der Waals surface area contributed by atoms with Gasteiger partial charge in [0.05, 0.1) is 12.6 Å². The van der Waals surface area contributed by atoms with Crippen LogP contribution in [0, 0.1) is 5.92 Å². The van der Waals surface area contributed by atoms with Gasteiger partial charge in [-0.15, -0.1) is 0 Å². The van der Waals surface area contributed by atoms with E-state index in [4.69, 9.17) is 9.47 Å². The van der Waals surface area contributed by atoms with E-state index in [-0.39, 0.29) is 30.5 Å². The third-order valence-electron chi connectivity index (χ3n) is 7.33. The topological polar surface area (TPSA) is 84.9 Å². The SMILES string of the molecule is CCCCCCC(N[C@@H](C)C(=O)N1[C@H](C(=O)OCc2ccccc2)C[C@@H]2CCC[C@@H]21)C(=O)OCC. The second kappa shape index (κ2) is 13.6. The molecule has 1 aromatic carbocycles. The van der Waals surface area contributed by atoms with Crippen molar-refractivity contribution in [1.29, 1.82) is 0 Å². The van der Waals surface area contributed by atoms with Gasteiger partial charge in [0.15, 0.2) is 0 Å². The molecule has 1 saturated carbocycles. The minimum absolute atomic E-state index is 0.0617. The fourth-order valence-electron chi connectivity index (χ4n) is 5.53. The Morgan fingerprint density at radius 1 is 1.06 bits per heavy atom. The Kier molecular flexibility index (Phi) is 10.6. The number of amides is 1. The van der Waals surface area contributed by atoms with Crippen molar-refractivity contribution in [3.8, 4) is 0 Å². The summed E-state index contributed by atoms with van der Waals surface area (Å²) >= 11 is 0. The van der Waals surface area contributed by atoms with Crippen LogP contribution in [0.3, 0.4) is 0 Å². The van der Waals surface area contributed by atoms with Crippen LogP contribution in [-0.2, 0) is 30.5 Å². The number of esters is 2. The fourth-order valence-corrected chi connectivity index (χ4v) is 5.53. The maximum absolute atomic E-state index is 13.7. The van der Waals surface area contributed by atoms with Gasteiger partial charge in [0.1, 0.15) is 18.7 Å². The molecule has 2 aliphatic rings. The highest BCUT2D eigenvalue weighted by molar-refractivity contribution is 5.89. The van der Waals surface area contributed by atoms with Gasteiger partial charge < -0.3 is 14.4 Å². The van der Waals surface area contributed by atoms with E-state index in [1.54, 1.807) is 18.7 Å². The number of carbonyl (C=O) groups is 3. The average molecular weight is 487 g/mol. The van der Waals surface area contributed by atoms with Crippen LogP contribution >= 0.6 is 0 Å². The van der Waals surface area contributed by atoms with E-state index in [0.717, 1.165) is 50.5 Å². The van der Waals surface area contributed by atoms with Crippen molar-refractivity contribution in [3.63, 3.8) is 0 Å². The molecule has 1 aromatic rings. The number of nitrogens with one attached hydrogen (secondary N) is 1. The molecule has 0 spiro atoms. The van der Waals surface area contributed by atoms with E-state index in [1.807, 2.05) is 30.3 Å². The average Bonchev–Trinajstić information content (AvgIpc) is 3.46. The summed E-state index contributed by atoms with van der Waals surface area (Å²) in [5.74, 6) is -0.466. The highest BCUT2D eigenvalue weighted by atomic mass is 16.5. The Bertz CT molecular complexity index is 830. The van der Waals surface area contributed by atoms with E-state index in [9.17, 15) is 14.4 Å². The van der Waals surface area contributed by atoms with Gasteiger partial charge in [-0.3, -0.25) is 14.9 Å². The van der Waals surface area contributed by atoms with Gasteiger partial charge in [0.25, 0.3) is 0 Å². The molecule has 1 N–H and O–H groups in total. The lowest BCUT2D eigenvalue weighted by atomic mass is 10.0. The Balaban J connectivity index is 1.66. The van der Waals surface area contributed by atoms with Crippen LogP contribution in [-0.4, -0.2) is 53.5 Å². The highest BCUT2D eigenvalue weighted by Gasteiger charge is 2.50. The van der Waals surface area contributed by atoms with Crippen LogP contribution in [0.5, 0.6) is 0 Å². The standard InChI is InChI=1S/C28H42N2O5/c1-4-6-7-11-16-23(27(32)34-5-2)29-20(3)26(31)30-24-17-12-15-22(24)18-25(30)28(33)35-19-21-13-9-8-10-14-21/h8-10,13-14,20,22-25,29H,4-7,11-12,15-19H2,1-3H3/t20-,22-,23?,24-,25-/m0/s1. The van der Waals surface area contributed by atoms with Gasteiger partial charge >= 0.3 is 11.9 Å². The summed E-state index contributed by atoms with van der Waals surface area (Å²) < 4.78 is 10.9. The molecular formula is C28H42N2O5. The summed E-state index contributed by atoms with van der Waals surface area (Å²) in [6.45, 7) is 6.23. The van der Waals surface area contributed by atoms with Crippen LogP contribution in [0.25, 0.3) is 0 Å². The predicted octanol–water partition coefficient (Wildman–Crippen LogP) is 4.38. The Morgan fingerprint density at radius 3 is 2.54 bits per heavy atom. The maximum Gasteiger partial charge on any atom is 0.329 e. The molecule has 5 atom stereocenters. The van der Waals surface area contributed by atoms with Gasteiger partial charge in [-0.25, -0.2) is 4.79 Å². The zero-order valence-electron chi connectivity index (χ0n) is 21.5. The zero-order chi connectivity index (χ0) is 25.2. The second-order valence-corrected chi connectivity index (χ2v) is 9.89. The Labute approximate surface area is 209 Å². The zero-order valence-corrected chi connectivity index (χ0v) is 21.5. The molecule has 1 unspecified atom stereocenters. The van der Waals surface area contributed by atoms with Crippen molar-refractivity contribution in [3.05, 3.63) is 35.9 Å². The Morgan fingerprint density at radius 2 is 1.83 bits per heavy atom. The first-order chi connectivity index (χ1) is 17.0. The number of hydrogen-bond donors (Lipinski definition) is 1. The minimum Gasteiger partial charge on any atom is -0.465 e. The van der Waals surface area contributed by atoms with Crippen LogP contribution in [0.4, 0.5) is 0 Å². The molecule has 1 saturated heterocycles. The summed E-state index contributed by atoms with van der Waals surface area (Å²) in [6, 6.07) is 7.94. The number of carbonyl (C=O) groups excluding carboxylic acids is 3. The lowest BCUT2D eigenvalue weighted by Crippen LogP contribution is -2.55. The van der Waals surface area contributed by atoms with Gasteiger partial charge in [0.2, 0.25) is 5.91 Å². The summed E-state index contributed by atoms with van der Waals surface area (Å²) in [5.41, 5.74) is 0.923. The molecule has 1 heterocycles. The van der Waals surface area contributed by atoms with E-state index >= 15 is 0 Å². The van der Waals surface area contributed by atoms with Gasteiger partial charge in [0, 0.05) is 6.04 Å². The lowest BCUT2D eigenvalue weighted by molar-refractivity contribution is -0.156. The maximum atomic E-state index is 13.7. The molecule has 7 nitrogen and oxygen atoms in total. The fraction of sp³-hybridized carbons (Fsp3) is 0.679. The van der Waals surface area contributed by atoms with E-state index < -0.39 is 18.1 Å². The summed E-state index contributed by atoms with van der Waals surface area (Å²) in [4.78, 5) is 41.1. The summed E-state index contributed by atoms with van der Waals surface area (Å²) in [7, 11) is 0. The molecule has 3 rings (SSSR count). The molecule has 2 fully saturated rings. The number of rotatable bonds is 13. The van der Waals surface area contributed by atoms with Crippen LogP contribution in [0.2, 0.25) is 0 Å². The molecule has 1 aliphatic heterocycles. The molecule has 0 bridgehead atoms. The molecule has 1 aliphatic carbocycles. The van der Waals surface area contributed by atoms with E-state index in [1.165, 1.54) is 0 Å². The molecule has 1 amide bonds. The number of unbranched alkanes of at least 4 members (excludes halogenated alkanes) is 3. The first kappa shape index (κ1) is 27.2. The van der Waals surface area contributed by atoms with Gasteiger partial charge in [-0.1, -0.05) is 69.4 Å². The van der Waals surface area contributed by atoms with Crippen LogP contribution < -0.4 is 5.32 Å². The van der Waals surface area contributed by atoms with Crippen molar-refractivity contribution in [2.24, 2.45) is 5.92 Å². The summed E-state index contributed by atoms with van der Waals surface area (Å²) in [6.07, 6.45) is 8.45. The van der Waals surface area contributed by atoms with E-state index in [2.05, 4.69) is 12.2 Å². The molecule has 0 aromatic heterocycles. The van der Waals surface area contributed by atoms with Crippen LogP contribution in [0.1, 0.15) is 84.1 Å². The number of fused-ring (bicyclic) bond motifs is 1. The molecule has 194 valence electrons. The van der Waals surface area contributed by atoms with Gasteiger partial charge in [-0.2, -0.15) is 0 Å². The third-order valence-corrected chi connectivity index (χ3v) is 7.33. The molecular weight excluding hydrogens is 444 g/mol. The van der Waals surface area contributed by atoms with Gasteiger partial charge in [-0.05, 0) is 51.0 Å². The number of likely N-dealkylation sites (tertiary alicyclic amines) is 1. The lowest BCUT2D eigenvalue weighted by Gasteiger charge is -2.32. The predicted molar refractivity (Wildman–Crippen MR) is 134 cm³/mol. The largest absolute Gasteiger partial charge is 0.465 e. The normalized spacial score (nSPS) is 22.9. The monoisotopic (exact) mass is 486 g/mol. The summed E-state index contributed by atoms with van der Waals surface area (Å²) in [5, 5.41) is 3.23. The van der Waals surface area contributed by atoms with Crippen molar-refractivity contribution < 1.29 is 23.9 Å². The Hall–Kier alpha value is -2.41. The first-order valence-electron chi connectivity index (χ1n) is 13.4. The number of nitrogens with zero attached hydrogens (tertiary/aromatic N) is 1. The quantitative estimate of drug-likeness (QED) is 0.329. The molecule has 35 heavy (non-hydrogen) atoms. The molecule has 0 radical (unpaired) electrons. The number of benzene rings is 1. The van der Waals surface area contributed by atoms with Crippen molar-refractivity contribution in [1.82, 2.24) is 10.2 Å². The molecule has 7 heteroatoms.